The lowest BCUT2D eigenvalue weighted by Gasteiger charge is -2.08. The van der Waals surface area contributed by atoms with Crippen LogP contribution in [0.4, 0.5) is 0 Å². The number of benzene rings is 1. The molecule has 0 bridgehead atoms. The second-order valence-corrected chi connectivity index (χ2v) is 4.32. The van der Waals surface area contributed by atoms with Crippen molar-refractivity contribution < 1.29 is 9.94 Å². The highest BCUT2D eigenvalue weighted by Gasteiger charge is 1.99. The van der Waals surface area contributed by atoms with E-state index in [2.05, 4.69) is 17.4 Å². The molecule has 0 aliphatic rings. The Morgan fingerprint density at radius 2 is 2.00 bits per heavy atom. The summed E-state index contributed by atoms with van der Waals surface area (Å²) in [4.78, 5) is 0. The van der Waals surface area contributed by atoms with Crippen LogP contribution in [0.15, 0.2) is 29.4 Å². The van der Waals surface area contributed by atoms with Gasteiger partial charge in [-0.2, -0.15) is 0 Å². The number of rotatable bonds is 9. The lowest BCUT2D eigenvalue weighted by atomic mass is 10.2. The first-order chi connectivity index (χ1) is 9.27. The molecule has 5 nitrogen and oxygen atoms in total. The van der Waals surface area contributed by atoms with Crippen LogP contribution in [0.5, 0.6) is 5.75 Å². The van der Waals surface area contributed by atoms with Crippen molar-refractivity contribution in [3.05, 3.63) is 29.8 Å². The van der Waals surface area contributed by atoms with Gasteiger partial charge in [0.15, 0.2) is 5.84 Å². The van der Waals surface area contributed by atoms with E-state index in [4.69, 9.17) is 15.7 Å². The first-order valence-corrected chi connectivity index (χ1v) is 6.69. The Hall–Kier alpha value is -1.75. The van der Waals surface area contributed by atoms with Gasteiger partial charge in [-0.05, 0) is 37.2 Å². The zero-order valence-electron chi connectivity index (χ0n) is 11.4. The average molecular weight is 265 g/mol. The molecule has 0 aromatic heterocycles. The molecular formula is C14H23N3O2. The molecule has 4 N–H and O–H groups in total. The first-order valence-electron chi connectivity index (χ1n) is 6.69. The molecule has 0 fully saturated rings. The van der Waals surface area contributed by atoms with E-state index in [9.17, 15) is 0 Å². The maximum absolute atomic E-state index is 8.54. The van der Waals surface area contributed by atoms with Gasteiger partial charge in [-0.3, -0.25) is 0 Å². The zero-order valence-corrected chi connectivity index (χ0v) is 11.4. The van der Waals surface area contributed by atoms with Gasteiger partial charge in [-0.25, -0.2) is 0 Å². The average Bonchev–Trinajstić information content (AvgIpc) is 2.46. The molecule has 1 rings (SSSR count). The molecule has 0 aliphatic heterocycles. The van der Waals surface area contributed by atoms with Crippen LogP contribution in [-0.4, -0.2) is 30.7 Å². The number of ether oxygens (including phenoxy) is 1. The zero-order chi connectivity index (χ0) is 13.9. The molecule has 1 aromatic rings. The Labute approximate surface area is 114 Å². The van der Waals surface area contributed by atoms with E-state index >= 15 is 0 Å². The number of amidine groups is 1. The number of unbranched alkanes of at least 4 members (excludes halogenated alkanes) is 2. The van der Waals surface area contributed by atoms with E-state index in [0.29, 0.717) is 12.2 Å². The van der Waals surface area contributed by atoms with Crippen LogP contribution in [0.1, 0.15) is 31.7 Å². The van der Waals surface area contributed by atoms with Gasteiger partial charge < -0.3 is 21.0 Å². The topological polar surface area (TPSA) is 79.9 Å². The minimum absolute atomic E-state index is 0.101. The predicted octanol–water partition coefficient (Wildman–Crippen LogP) is 1.94. The minimum atomic E-state index is 0.101. The van der Waals surface area contributed by atoms with Crippen molar-refractivity contribution in [3.8, 4) is 5.75 Å². The molecule has 19 heavy (non-hydrogen) atoms. The van der Waals surface area contributed by atoms with Gasteiger partial charge in [-0.1, -0.05) is 24.9 Å². The van der Waals surface area contributed by atoms with Crippen LogP contribution >= 0.6 is 0 Å². The summed E-state index contributed by atoms with van der Waals surface area (Å²) in [7, 11) is 0. The molecular weight excluding hydrogens is 242 g/mol. The van der Waals surface area contributed by atoms with Crippen molar-refractivity contribution >= 4 is 5.84 Å². The molecule has 0 aliphatic carbocycles. The normalized spacial score (nSPS) is 11.5. The summed E-state index contributed by atoms with van der Waals surface area (Å²) in [6.45, 7) is 4.71. The highest BCUT2D eigenvalue weighted by molar-refractivity contribution is 5.97. The fraction of sp³-hybridized carbons (Fsp3) is 0.500. The molecule has 0 amide bonds. The molecule has 0 unspecified atom stereocenters. The van der Waals surface area contributed by atoms with Gasteiger partial charge in [0.2, 0.25) is 0 Å². The Kier molecular flexibility index (Phi) is 7.43. The molecule has 0 radical (unpaired) electrons. The van der Waals surface area contributed by atoms with Crippen LogP contribution in [0.3, 0.4) is 0 Å². The number of nitrogens with zero attached hydrogens (tertiary/aromatic N) is 1. The van der Waals surface area contributed by atoms with E-state index in [1.807, 2.05) is 12.1 Å². The Bertz CT molecular complexity index is 377. The van der Waals surface area contributed by atoms with Crippen LogP contribution < -0.4 is 15.8 Å². The summed E-state index contributed by atoms with van der Waals surface area (Å²) in [6.07, 6.45) is 3.72. The summed E-state index contributed by atoms with van der Waals surface area (Å²) in [6, 6.07) is 7.15. The van der Waals surface area contributed by atoms with Crippen molar-refractivity contribution in [1.29, 1.82) is 0 Å². The van der Waals surface area contributed by atoms with E-state index in [1.54, 1.807) is 12.1 Å². The van der Waals surface area contributed by atoms with Gasteiger partial charge in [-0.15, -0.1) is 0 Å². The number of nitrogens with two attached hydrogens (primary N) is 1. The molecule has 0 spiro atoms. The predicted molar refractivity (Wildman–Crippen MR) is 76.8 cm³/mol. The number of hydrogen-bond acceptors (Lipinski definition) is 4. The van der Waals surface area contributed by atoms with Gasteiger partial charge in [0.1, 0.15) is 12.4 Å². The Morgan fingerprint density at radius 1 is 1.26 bits per heavy atom. The minimum Gasteiger partial charge on any atom is -0.492 e. The van der Waals surface area contributed by atoms with Crippen LogP contribution in [0, 0.1) is 0 Å². The van der Waals surface area contributed by atoms with Crippen LogP contribution in [0.2, 0.25) is 0 Å². The molecule has 5 heteroatoms. The second kappa shape index (κ2) is 9.22. The number of hydrogen-bond donors (Lipinski definition) is 3. The largest absolute Gasteiger partial charge is 0.492 e. The monoisotopic (exact) mass is 265 g/mol. The lowest BCUT2D eigenvalue weighted by molar-refractivity contribution is 0.313. The fourth-order valence-electron chi connectivity index (χ4n) is 1.65. The van der Waals surface area contributed by atoms with Crippen molar-refractivity contribution in [2.75, 3.05) is 19.7 Å². The summed E-state index contributed by atoms with van der Waals surface area (Å²) in [5.74, 6) is 0.883. The van der Waals surface area contributed by atoms with E-state index in [-0.39, 0.29) is 5.84 Å². The maximum atomic E-state index is 8.54. The van der Waals surface area contributed by atoms with Gasteiger partial charge in [0.05, 0.1) is 0 Å². The van der Waals surface area contributed by atoms with E-state index in [0.717, 1.165) is 18.8 Å². The highest BCUT2D eigenvalue weighted by Crippen LogP contribution is 2.11. The smallest absolute Gasteiger partial charge is 0.170 e. The van der Waals surface area contributed by atoms with E-state index in [1.165, 1.54) is 19.3 Å². The van der Waals surface area contributed by atoms with Crippen LogP contribution in [-0.2, 0) is 0 Å². The molecule has 0 heterocycles. The summed E-state index contributed by atoms with van der Waals surface area (Å²) >= 11 is 0. The summed E-state index contributed by atoms with van der Waals surface area (Å²) in [5.41, 5.74) is 6.15. The van der Waals surface area contributed by atoms with Crippen molar-refractivity contribution in [2.24, 2.45) is 10.9 Å². The lowest BCUT2D eigenvalue weighted by Crippen LogP contribution is -2.22. The third-order valence-corrected chi connectivity index (χ3v) is 2.76. The fourth-order valence-corrected chi connectivity index (χ4v) is 1.65. The standard InChI is InChI=1S/C14H23N3O2/c1-2-3-4-9-16-10-11-19-13-7-5-12(6-8-13)14(15)17-18/h5-8,16,18H,2-4,9-11H2,1H3,(H2,15,17). The molecule has 0 atom stereocenters. The second-order valence-electron chi connectivity index (χ2n) is 4.32. The Morgan fingerprint density at radius 3 is 2.63 bits per heavy atom. The molecule has 1 aromatic carbocycles. The summed E-state index contributed by atoms with van der Waals surface area (Å²) < 4.78 is 5.58. The Balaban J connectivity index is 2.19. The van der Waals surface area contributed by atoms with Gasteiger partial charge in [0, 0.05) is 12.1 Å². The third kappa shape index (κ3) is 6.10. The molecule has 106 valence electrons. The highest BCUT2D eigenvalue weighted by atomic mass is 16.5. The SMILES string of the molecule is CCCCCNCCOc1ccc(C(N)=NO)cc1. The van der Waals surface area contributed by atoms with E-state index < -0.39 is 0 Å². The van der Waals surface area contributed by atoms with Gasteiger partial charge >= 0.3 is 0 Å². The van der Waals surface area contributed by atoms with Crippen LogP contribution in [0.25, 0.3) is 0 Å². The van der Waals surface area contributed by atoms with Gasteiger partial charge in [0.25, 0.3) is 0 Å². The summed E-state index contributed by atoms with van der Waals surface area (Å²) in [5, 5.41) is 14.8. The molecule has 0 saturated carbocycles. The van der Waals surface area contributed by atoms with Crippen molar-refractivity contribution in [1.82, 2.24) is 5.32 Å². The number of nitrogens with one attached hydrogen (secondary N) is 1. The third-order valence-electron chi connectivity index (χ3n) is 2.76. The van der Waals surface area contributed by atoms with Crippen molar-refractivity contribution in [3.63, 3.8) is 0 Å². The van der Waals surface area contributed by atoms with Crippen molar-refractivity contribution in [2.45, 2.75) is 26.2 Å². The molecule has 0 saturated heterocycles. The number of oxime groups is 1. The maximum Gasteiger partial charge on any atom is 0.170 e. The first kappa shape index (κ1) is 15.3. The quantitative estimate of drug-likeness (QED) is 0.209.